The van der Waals surface area contributed by atoms with E-state index in [0.29, 0.717) is 5.56 Å². The number of aromatic nitrogens is 2. The molecule has 0 spiro atoms. The number of carbonyl (C=O) groups is 1. The molecule has 1 aliphatic rings. The third-order valence-electron chi connectivity index (χ3n) is 3.47. The fourth-order valence-corrected chi connectivity index (χ4v) is 3.98. The minimum Gasteiger partial charge on any atom is -0.457 e. The molecule has 1 aromatic heterocycles. The molecule has 1 aromatic carbocycles. The molecule has 1 fully saturated rings. The van der Waals surface area contributed by atoms with Crippen molar-refractivity contribution in [1.82, 2.24) is 10.1 Å². The van der Waals surface area contributed by atoms with Crippen LogP contribution in [-0.2, 0) is 26.0 Å². The van der Waals surface area contributed by atoms with Crippen LogP contribution >= 0.6 is 0 Å². The lowest BCUT2D eigenvalue weighted by molar-refractivity contribution is -0.149. The smallest absolute Gasteiger partial charge is 0.310 e. The molecule has 1 aliphatic heterocycles. The van der Waals surface area contributed by atoms with Crippen molar-refractivity contribution in [2.75, 3.05) is 11.5 Å². The molecule has 0 aliphatic carbocycles. The van der Waals surface area contributed by atoms with E-state index in [2.05, 4.69) is 10.1 Å². The number of ether oxygens (including phenoxy) is 1. The van der Waals surface area contributed by atoms with Crippen LogP contribution in [0, 0.1) is 11.7 Å². The molecule has 7 nitrogen and oxygen atoms in total. The van der Waals surface area contributed by atoms with Gasteiger partial charge in [0.1, 0.15) is 5.82 Å². The van der Waals surface area contributed by atoms with E-state index in [9.17, 15) is 17.6 Å². The number of rotatable bonds is 4. The van der Waals surface area contributed by atoms with E-state index >= 15 is 0 Å². The highest BCUT2D eigenvalue weighted by molar-refractivity contribution is 7.91. The van der Waals surface area contributed by atoms with Gasteiger partial charge in [-0.15, -0.1) is 0 Å². The van der Waals surface area contributed by atoms with E-state index in [1.807, 2.05) is 0 Å². The second-order valence-corrected chi connectivity index (χ2v) is 7.46. The summed E-state index contributed by atoms with van der Waals surface area (Å²) in [5.41, 5.74) is 0.540. The second kappa shape index (κ2) is 6.07. The lowest BCUT2D eigenvalue weighted by Gasteiger charge is -2.06. The van der Waals surface area contributed by atoms with E-state index in [-0.39, 0.29) is 42.1 Å². The Kier molecular flexibility index (Phi) is 4.12. The maximum atomic E-state index is 12.9. The van der Waals surface area contributed by atoms with E-state index < -0.39 is 21.7 Å². The van der Waals surface area contributed by atoms with E-state index in [4.69, 9.17) is 9.26 Å². The van der Waals surface area contributed by atoms with Crippen LogP contribution in [0.3, 0.4) is 0 Å². The quantitative estimate of drug-likeness (QED) is 0.775. The standard InChI is InChI=1S/C14H13FN2O5S/c15-11-3-1-9(2-4-11)13-16-12(17-22-13)7-21-14(18)10-5-6-23(19,20)8-10/h1-4,10H,5-8H2. The van der Waals surface area contributed by atoms with E-state index in [0.717, 1.165) is 0 Å². The molecule has 2 aromatic rings. The highest BCUT2D eigenvalue weighted by Gasteiger charge is 2.34. The maximum absolute atomic E-state index is 12.9. The molecule has 0 bridgehead atoms. The van der Waals surface area contributed by atoms with Gasteiger partial charge in [0, 0.05) is 5.56 Å². The molecule has 1 atom stereocenters. The van der Waals surface area contributed by atoms with Crippen LogP contribution < -0.4 is 0 Å². The van der Waals surface area contributed by atoms with Gasteiger partial charge in [-0.05, 0) is 30.7 Å². The Labute approximate surface area is 131 Å². The van der Waals surface area contributed by atoms with Crippen molar-refractivity contribution in [2.24, 2.45) is 5.92 Å². The van der Waals surface area contributed by atoms with Gasteiger partial charge in [-0.3, -0.25) is 4.79 Å². The predicted octanol–water partition coefficient (Wildman–Crippen LogP) is 1.35. The van der Waals surface area contributed by atoms with Crippen molar-refractivity contribution in [1.29, 1.82) is 0 Å². The number of carbonyl (C=O) groups excluding carboxylic acids is 1. The third-order valence-corrected chi connectivity index (χ3v) is 5.24. The summed E-state index contributed by atoms with van der Waals surface area (Å²) in [5.74, 6) is -1.45. The van der Waals surface area contributed by atoms with Crippen molar-refractivity contribution in [3.63, 3.8) is 0 Å². The molecule has 2 heterocycles. The first-order valence-electron chi connectivity index (χ1n) is 6.88. The molecule has 0 saturated carbocycles. The fourth-order valence-electron chi connectivity index (χ4n) is 2.26. The Hall–Kier alpha value is -2.29. The summed E-state index contributed by atoms with van der Waals surface area (Å²) in [5, 5.41) is 3.67. The van der Waals surface area contributed by atoms with Crippen molar-refractivity contribution in [2.45, 2.75) is 13.0 Å². The second-order valence-electron chi connectivity index (χ2n) is 5.23. The molecule has 9 heteroatoms. The number of hydrogen-bond acceptors (Lipinski definition) is 7. The first-order valence-corrected chi connectivity index (χ1v) is 8.71. The highest BCUT2D eigenvalue weighted by atomic mass is 32.2. The summed E-state index contributed by atoms with van der Waals surface area (Å²) in [4.78, 5) is 15.8. The normalized spacial score (nSPS) is 19.6. The average Bonchev–Trinajstić information content (AvgIpc) is 3.12. The van der Waals surface area contributed by atoms with Crippen LogP contribution in [0.25, 0.3) is 11.5 Å². The molecule has 0 amide bonds. The van der Waals surface area contributed by atoms with Crippen LogP contribution in [-0.4, -0.2) is 36.0 Å². The maximum Gasteiger partial charge on any atom is 0.310 e. The Morgan fingerprint density at radius 1 is 1.35 bits per heavy atom. The Morgan fingerprint density at radius 3 is 2.74 bits per heavy atom. The zero-order valence-corrected chi connectivity index (χ0v) is 12.8. The van der Waals surface area contributed by atoms with Gasteiger partial charge in [0.15, 0.2) is 16.4 Å². The summed E-state index contributed by atoms with van der Waals surface area (Å²) in [6.07, 6.45) is 0.272. The topological polar surface area (TPSA) is 99.4 Å². The van der Waals surface area contributed by atoms with Gasteiger partial charge in [0.25, 0.3) is 5.89 Å². The number of sulfone groups is 1. The summed E-state index contributed by atoms with van der Waals surface area (Å²) < 4.78 is 45.5. The van der Waals surface area contributed by atoms with E-state index in [1.165, 1.54) is 24.3 Å². The van der Waals surface area contributed by atoms with Crippen LogP contribution in [0.15, 0.2) is 28.8 Å². The van der Waals surface area contributed by atoms with Gasteiger partial charge < -0.3 is 9.26 Å². The van der Waals surface area contributed by atoms with Crippen LogP contribution in [0.2, 0.25) is 0 Å². The van der Waals surface area contributed by atoms with Gasteiger partial charge in [-0.1, -0.05) is 5.16 Å². The highest BCUT2D eigenvalue weighted by Crippen LogP contribution is 2.21. The van der Waals surface area contributed by atoms with Gasteiger partial charge in [-0.2, -0.15) is 4.98 Å². The summed E-state index contributed by atoms with van der Waals surface area (Å²) in [6.45, 7) is -0.208. The van der Waals surface area contributed by atoms with Crippen molar-refractivity contribution in [3.05, 3.63) is 35.9 Å². The van der Waals surface area contributed by atoms with Gasteiger partial charge in [0.05, 0.1) is 17.4 Å². The Balaban J connectivity index is 1.59. The molecular weight excluding hydrogens is 327 g/mol. The first-order chi connectivity index (χ1) is 10.9. The minimum absolute atomic E-state index is 0.00366. The van der Waals surface area contributed by atoms with Crippen molar-refractivity contribution >= 4 is 15.8 Å². The Bertz CT molecular complexity index is 816. The Morgan fingerprint density at radius 2 is 2.09 bits per heavy atom. The molecule has 3 rings (SSSR count). The SMILES string of the molecule is O=C(OCc1noc(-c2ccc(F)cc2)n1)C1CCS(=O)(=O)C1. The molecule has 0 radical (unpaired) electrons. The largest absolute Gasteiger partial charge is 0.457 e. The number of halogens is 1. The molecule has 122 valence electrons. The molecule has 0 N–H and O–H groups in total. The van der Waals surface area contributed by atoms with Crippen LogP contribution in [0.1, 0.15) is 12.2 Å². The van der Waals surface area contributed by atoms with Crippen molar-refractivity contribution in [3.8, 4) is 11.5 Å². The number of nitrogens with zero attached hydrogens (tertiary/aromatic N) is 2. The summed E-state index contributed by atoms with van der Waals surface area (Å²) >= 11 is 0. The van der Waals surface area contributed by atoms with Gasteiger partial charge >= 0.3 is 5.97 Å². The van der Waals surface area contributed by atoms with Crippen LogP contribution in [0.4, 0.5) is 4.39 Å². The monoisotopic (exact) mass is 340 g/mol. The number of hydrogen-bond donors (Lipinski definition) is 0. The van der Waals surface area contributed by atoms with Gasteiger partial charge in [-0.25, -0.2) is 12.8 Å². The predicted molar refractivity (Wildman–Crippen MR) is 76.2 cm³/mol. The molecule has 1 saturated heterocycles. The average molecular weight is 340 g/mol. The number of esters is 1. The van der Waals surface area contributed by atoms with E-state index in [1.54, 1.807) is 0 Å². The zero-order valence-electron chi connectivity index (χ0n) is 11.9. The lowest BCUT2D eigenvalue weighted by Crippen LogP contribution is -2.19. The fraction of sp³-hybridized carbons (Fsp3) is 0.357. The third kappa shape index (κ3) is 3.73. The molecule has 23 heavy (non-hydrogen) atoms. The zero-order chi connectivity index (χ0) is 16.4. The van der Waals surface area contributed by atoms with Crippen molar-refractivity contribution < 1.29 is 26.9 Å². The van der Waals surface area contributed by atoms with Gasteiger partial charge in [0.2, 0.25) is 5.82 Å². The summed E-state index contributed by atoms with van der Waals surface area (Å²) in [7, 11) is -3.14. The lowest BCUT2D eigenvalue weighted by atomic mass is 10.1. The molecule has 1 unspecified atom stereocenters. The number of benzene rings is 1. The summed E-state index contributed by atoms with van der Waals surface area (Å²) in [6, 6.07) is 5.50. The minimum atomic E-state index is -3.14. The van der Waals surface area contributed by atoms with Crippen LogP contribution in [0.5, 0.6) is 0 Å². The first kappa shape index (κ1) is 15.6. The molecular formula is C14H13FN2O5S.